The van der Waals surface area contributed by atoms with Gasteiger partial charge in [-0.3, -0.25) is 4.79 Å². The third-order valence-corrected chi connectivity index (χ3v) is 3.22. The second-order valence-electron chi connectivity index (χ2n) is 3.84. The normalized spacial score (nSPS) is 11.7. The molecule has 1 amide bonds. The molecule has 18 heavy (non-hydrogen) atoms. The van der Waals surface area contributed by atoms with Gasteiger partial charge in [-0.1, -0.05) is 42.5 Å². The predicted octanol–water partition coefficient (Wildman–Crippen LogP) is 3.11. The summed E-state index contributed by atoms with van der Waals surface area (Å²) in [6.07, 6.45) is 6.94. The van der Waals surface area contributed by atoms with Crippen LogP contribution in [0.2, 0.25) is 10.0 Å². The molecule has 0 aliphatic rings. The van der Waals surface area contributed by atoms with E-state index in [4.69, 9.17) is 35.4 Å². The molecule has 0 aromatic heterocycles. The summed E-state index contributed by atoms with van der Waals surface area (Å²) < 4.78 is 0. The van der Waals surface area contributed by atoms with Crippen molar-refractivity contribution in [3.63, 3.8) is 0 Å². The van der Waals surface area contributed by atoms with Crippen molar-refractivity contribution in [2.45, 2.75) is 25.8 Å². The van der Waals surface area contributed by atoms with Gasteiger partial charge >= 0.3 is 0 Å². The highest BCUT2D eigenvalue weighted by atomic mass is 35.5. The van der Waals surface area contributed by atoms with E-state index in [0.29, 0.717) is 5.56 Å². The zero-order valence-electron chi connectivity index (χ0n) is 9.97. The SMILES string of the molecule is C#CC(CCC)NC(=O)c1cc(N)c(Cl)c(Cl)c1. The van der Waals surface area contributed by atoms with E-state index in [0.717, 1.165) is 12.8 Å². The molecule has 0 heterocycles. The molecular weight excluding hydrogens is 271 g/mol. The van der Waals surface area contributed by atoms with Gasteiger partial charge in [-0.15, -0.1) is 6.42 Å². The summed E-state index contributed by atoms with van der Waals surface area (Å²) >= 11 is 11.7. The van der Waals surface area contributed by atoms with Crippen LogP contribution in [0.15, 0.2) is 12.1 Å². The van der Waals surface area contributed by atoms with E-state index in [2.05, 4.69) is 11.2 Å². The summed E-state index contributed by atoms with van der Waals surface area (Å²) in [5.41, 5.74) is 6.26. The molecule has 1 unspecified atom stereocenters. The monoisotopic (exact) mass is 284 g/mol. The van der Waals surface area contributed by atoms with Gasteiger partial charge in [0.05, 0.1) is 21.8 Å². The van der Waals surface area contributed by atoms with E-state index in [1.807, 2.05) is 6.92 Å². The van der Waals surface area contributed by atoms with E-state index in [-0.39, 0.29) is 27.7 Å². The van der Waals surface area contributed by atoms with Crippen LogP contribution in [0.1, 0.15) is 30.1 Å². The molecule has 1 aromatic rings. The molecule has 0 saturated heterocycles. The average Bonchev–Trinajstić information content (AvgIpc) is 2.34. The van der Waals surface area contributed by atoms with Gasteiger partial charge in [-0.05, 0) is 18.6 Å². The second-order valence-corrected chi connectivity index (χ2v) is 4.63. The average molecular weight is 285 g/mol. The topological polar surface area (TPSA) is 55.1 Å². The number of anilines is 1. The zero-order chi connectivity index (χ0) is 13.7. The Labute approximate surface area is 117 Å². The fourth-order valence-electron chi connectivity index (χ4n) is 1.47. The van der Waals surface area contributed by atoms with Crippen molar-refractivity contribution in [1.82, 2.24) is 5.32 Å². The first kappa shape index (κ1) is 14.7. The van der Waals surface area contributed by atoms with Gasteiger partial charge in [0.25, 0.3) is 5.91 Å². The summed E-state index contributed by atoms with van der Waals surface area (Å²) in [5, 5.41) is 3.22. The molecule has 0 aliphatic heterocycles. The van der Waals surface area contributed by atoms with Crippen molar-refractivity contribution in [1.29, 1.82) is 0 Å². The van der Waals surface area contributed by atoms with Gasteiger partial charge in [0.2, 0.25) is 0 Å². The largest absolute Gasteiger partial charge is 0.397 e. The molecular formula is C13H14Cl2N2O. The van der Waals surface area contributed by atoms with E-state index < -0.39 is 0 Å². The number of terminal acetylenes is 1. The molecule has 0 saturated carbocycles. The minimum absolute atomic E-state index is 0.245. The number of rotatable bonds is 4. The number of carbonyl (C=O) groups excluding carboxylic acids is 1. The lowest BCUT2D eigenvalue weighted by Crippen LogP contribution is -2.33. The van der Waals surface area contributed by atoms with Gasteiger partial charge in [-0.25, -0.2) is 0 Å². The van der Waals surface area contributed by atoms with Gasteiger partial charge in [0.1, 0.15) is 0 Å². The minimum atomic E-state index is -0.309. The van der Waals surface area contributed by atoms with Gasteiger partial charge < -0.3 is 11.1 Å². The van der Waals surface area contributed by atoms with Crippen LogP contribution >= 0.6 is 23.2 Å². The number of halogens is 2. The van der Waals surface area contributed by atoms with Crippen LogP contribution in [0.3, 0.4) is 0 Å². The molecule has 0 radical (unpaired) electrons. The van der Waals surface area contributed by atoms with Crippen LogP contribution in [0.5, 0.6) is 0 Å². The van der Waals surface area contributed by atoms with Crippen molar-refractivity contribution in [3.8, 4) is 12.3 Å². The fraction of sp³-hybridized carbons (Fsp3) is 0.308. The van der Waals surface area contributed by atoms with E-state index in [1.54, 1.807) is 0 Å². The van der Waals surface area contributed by atoms with Gasteiger partial charge in [0, 0.05) is 5.56 Å². The summed E-state index contributed by atoms with van der Waals surface area (Å²) in [7, 11) is 0. The molecule has 1 rings (SSSR count). The van der Waals surface area contributed by atoms with E-state index in [9.17, 15) is 4.79 Å². The zero-order valence-corrected chi connectivity index (χ0v) is 11.5. The molecule has 0 bridgehead atoms. The number of nitrogens with one attached hydrogen (secondary N) is 1. The molecule has 0 aliphatic carbocycles. The summed E-state index contributed by atoms with van der Waals surface area (Å²) in [6, 6.07) is 2.65. The maximum absolute atomic E-state index is 11.9. The fourth-order valence-corrected chi connectivity index (χ4v) is 1.80. The van der Waals surface area contributed by atoms with Gasteiger partial charge in [-0.2, -0.15) is 0 Å². The Kier molecular flexibility index (Phi) is 5.33. The van der Waals surface area contributed by atoms with Crippen molar-refractivity contribution in [2.75, 3.05) is 5.73 Å². The predicted molar refractivity (Wildman–Crippen MR) is 75.9 cm³/mol. The summed E-state index contributed by atoms with van der Waals surface area (Å²) in [6.45, 7) is 1.99. The molecule has 0 spiro atoms. The first-order valence-electron chi connectivity index (χ1n) is 5.51. The Morgan fingerprint density at radius 2 is 2.22 bits per heavy atom. The van der Waals surface area contributed by atoms with E-state index in [1.165, 1.54) is 12.1 Å². The lowest BCUT2D eigenvalue weighted by atomic mass is 10.1. The van der Waals surface area contributed by atoms with Crippen molar-refractivity contribution >= 4 is 34.8 Å². The highest BCUT2D eigenvalue weighted by molar-refractivity contribution is 6.43. The van der Waals surface area contributed by atoms with Crippen LogP contribution in [0, 0.1) is 12.3 Å². The van der Waals surface area contributed by atoms with Crippen LogP contribution in [-0.2, 0) is 0 Å². The highest BCUT2D eigenvalue weighted by Crippen LogP contribution is 2.29. The van der Waals surface area contributed by atoms with E-state index >= 15 is 0 Å². The van der Waals surface area contributed by atoms with Crippen LogP contribution < -0.4 is 11.1 Å². The van der Waals surface area contributed by atoms with Crippen molar-refractivity contribution in [2.24, 2.45) is 0 Å². The number of nitrogen functional groups attached to an aromatic ring is 1. The number of amides is 1. The highest BCUT2D eigenvalue weighted by Gasteiger charge is 2.14. The maximum atomic E-state index is 11.9. The van der Waals surface area contributed by atoms with Crippen molar-refractivity contribution in [3.05, 3.63) is 27.7 Å². The molecule has 5 heteroatoms. The third kappa shape index (κ3) is 3.56. The van der Waals surface area contributed by atoms with Gasteiger partial charge in [0.15, 0.2) is 0 Å². The summed E-state index contributed by atoms with van der Waals surface area (Å²) in [4.78, 5) is 11.9. The number of benzene rings is 1. The first-order chi connectivity index (χ1) is 8.49. The molecule has 96 valence electrons. The number of nitrogens with two attached hydrogens (primary N) is 1. The maximum Gasteiger partial charge on any atom is 0.252 e. The lowest BCUT2D eigenvalue weighted by Gasteiger charge is -2.13. The van der Waals surface area contributed by atoms with Crippen molar-refractivity contribution < 1.29 is 4.79 Å². The molecule has 3 nitrogen and oxygen atoms in total. The van der Waals surface area contributed by atoms with Crippen LogP contribution in [0.4, 0.5) is 5.69 Å². The lowest BCUT2D eigenvalue weighted by molar-refractivity contribution is 0.0944. The number of carbonyl (C=O) groups is 1. The molecule has 1 aromatic carbocycles. The quantitative estimate of drug-likeness (QED) is 0.659. The Balaban J connectivity index is 2.88. The first-order valence-corrected chi connectivity index (χ1v) is 6.26. The Bertz CT molecular complexity index is 471. The Morgan fingerprint density at radius 3 is 2.72 bits per heavy atom. The Hall–Kier alpha value is -1.37. The second kappa shape index (κ2) is 6.53. The Morgan fingerprint density at radius 1 is 1.56 bits per heavy atom. The third-order valence-electron chi connectivity index (χ3n) is 2.40. The summed E-state index contributed by atoms with van der Waals surface area (Å²) in [5.74, 6) is 2.21. The molecule has 1 atom stereocenters. The smallest absolute Gasteiger partial charge is 0.252 e. The molecule has 3 N–H and O–H groups in total. The number of hydrogen-bond acceptors (Lipinski definition) is 2. The van der Waals surface area contributed by atoms with Crippen LogP contribution in [0.25, 0.3) is 0 Å². The standard InChI is InChI=1S/C13H14Cl2N2O/c1-3-5-9(4-2)17-13(18)8-6-10(14)12(15)11(16)7-8/h2,6-7,9H,3,5,16H2,1H3,(H,17,18). The number of hydrogen-bond donors (Lipinski definition) is 2. The molecule has 0 fully saturated rings. The minimum Gasteiger partial charge on any atom is -0.397 e. The van der Waals surface area contributed by atoms with Crippen LogP contribution in [-0.4, -0.2) is 11.9 Å².